The van der Waals surface area contributed by atoms with Gasteiger partial charge < -0.3 is 15.2 Å². The van der Waals surface area contributed by atoms with Crippen LogP contribution in [0.15, 0.2) is 30.3 Å². The average Bonchev–Trinajstić information content (AvgIpc) is 3.10. The van der Waals surface area contributed by atoms with Crippen molar-refractivity contribution in [1.29, 1.82) is 0 Å². The third-order valence-corrected chi connectivity index (χ3v) is 7.00. The number of carbonyl (C=O) groups is 3. The van der Waals surface area contributed by atoms with E-state index >= 15 is 0 Å². The monoisotopic (exact) mass is 463 g/mol. The Morgan fingerprint density at radius 2 is 1.84 bits per heavy atom. The summed E-state index contributed by atoms with van der Waals surface area (Å²) >= 11 is 7.24. The first kappa shape index (κ1) is 23.3. The number of hydrogen-bond acceptors (Lipinski definition) is 5. The zero-order valence-electron chi connectivity index (χ0n) is 17.4. The molecule has 2 aromatic rings. The predicted molar refractivity (Wildman–Crippen MR) is 120 cm³/mol. The number of aliphatic carboxylic acids is 1. The Bertz CT molecular complexity index is 912. The van der Waals surface area contributed by atoms with Gasteiger partial charge in [-0.15, -0.1) is 11.3 Å². The molecule has 1 aromatic heterocycles. The second kappa shape index (κ2) is 10.8. The minimum atomic E-state index is -0.730. The van der Waals surface area contributed by atoms with Crippen LogP contribution in [0.3, 0.4) is 0 Å². The van der Waals surface area contributed by atoms with Gasteiger partial charge in [0.25, 0.3) is 5.91 Å². The number of halogens is 1. The van der Waals surface area contributed by atoms with Crippen LogP contribution in [0.5, 0.6) is 5.75 Å². The molecule has 0 spiro atoms. The van der Waals surface area contributed by atoms with Crippen molar-refractivity contribution >= 4 is 40.6 Å². The highest BCUT2D eigenvalue weighted by molar-refractivity contribution is 7.18. The van der Waals surface area contributed by atoms with Crippen molar-refractivity contribution in [2.45, 2.75) is 51.6 Å². The normalized spacial score (nSPS) is 18.4. The van der Waals surface area contributed by atoms with Crippen molar-refractivity contribution in [3.8, 4) is 5.75 Å². The molecule has 0 saturated heterocycles. The second-order valence-corrected chi connectivity index (χ2v) is 9.46. The first-order valence-electron chi connectivity index (χ1n) is 10.4. The van der Waals surface area contributed by atoms with Gasteiger partial charge in [-0.1, -0.05) is 11.6 Å². The van der Waals surface area contributed by atoms with Gasteiger partial charge in [-0.2, -0.15) is 0 Å². The van der Waals surface area contributed by atoms with Crippen LogP contribution < -0.4 is 10.1 Å². The number of carbonyl (C=O) groups excluding carboxylic acids is 2. The minimum absolute atomic E-state index is 0.0118. The molecule has 1 heterocycles. The van der Waals surface area contributed by atoms with Crippen molar-refractivity contribution in [2.24, 2.45) is 5.92 Å². The fourth-order valence-electron chi connectivity index (χ4n) is 3.59. The Labute approximate surface area is 190 Å². The second-order valence-electron chi connectivity index (χ2n) is 7.80. The third-order valence-electron chi connectivity index (χ3n) is 5.45. The highest BCUT2D eigenvalue weighted by atomic mass is 35.5. The molecule has 0 bridgehead atoms. The number of ether oxygens (including phenoxy) is 1. The number of thiophene rings is 1. The largest absolute Gasteiger partial charge is 0.490 e. The molecule has 3 rings (SSSR count). The highest BCUT2D eigenvalue weighted by Gasteiger charge is 2.26. The van der Waals surface area contributed by atoms with Crippen molar-refractivity contribution in [3.63, 3.8) is 0 Å². The summed E-state index contributed by atoms with van der Waals surface area (Å²) in [6.45, 7) is 2.27. The van der Waals surface area contributed by atoms with E-state index in [1.165, 1.54) is 11.3 Å². The molecule has 1 aliphatic carbocycles. The van der Waals surface area contributed by atoms with Crippen molar-refractivity contribution in [1.82, 2.24) is 5.32 Å². The number of aryl methyl sites for hydroxylation is 1. The average molecular weight is 464 g/mol. The number of rotatable bonds is 9. The Hall–Kier alpha value is -2.38. The van der Waals surface area contributed by atoms with Crippen LogP contribution in [0.1, 0.15) is 64.1 Å². The maximum absolute atomic E-state index is 12.4. The van der Waals surface area contributed by atoms with Crippen LogP contribution in [0.2, 0.25) is 4.34 Å². The Morgan fingerprint density at radius 3 is 2.42 bits per heavy atom. The third kappa shape index (κ3) is 6.55. The summed E-state index contributed by atoms with van der Waals surface area (Å²) in [6.07, 6.45) is 3.61. The molecule has 166 valence electrons. The molecular formula is C23H26ClNO5S. The number of amides is 1. The van der Waals surface area contributed by atoms with Gasteiger partial charge in [0.05, 0.1) is 21.2 Å². The lowest BCUT2D eigenvalue weighted by atomic mass is 9.87. The molecule has 6 nitrogen and oxygen atoms in total. The molecule has 0 unspecified atom stereocenters. The van der Waals surface area contributed by atoms with E-state index in [1.807, 2.05) is 6.92 Å². The standard InChI is InChI=1S/C23H26ClNO5S/c1-14-13-20(31-21(14)24)22(27)25-12-2-3-19(26)15-4-8-17(9-5-15)30-18-10-6-16(7-11-18)23(28)29/h4-5,8-9,13,16,18H,2-3,6-7,10-12H2,1H3,(H,25,27)(H,28,29). The quantitative estimate of drug-likeness (QED) is 0.397. The van der Waals surface area contributed by atoms with Crippen LogP contribution in [-0.2, 0) is 4.79 Å². The van der Waals surface area contributed by atoms with Crippen LogP contribution in [0.25, 0.3) is 0 Å². The van der Waals surface area contributed by atoms with E-state index in [0.717, 1.165) is 18.4 Å². The molecule has 1 aliphatic rings. The van der Waals surface area contributed by atoms with E-state index < -0.39 is 5.97 Å². The summed E-state index contributed by atoms with van der Waals surface area (Å²) in [6, 6.07) is 8.81. The van der Waals surface area contributed by atoms with E-state index in [2.05, 4.69) is 5.32 Å². The number of Topliss-reactive ketones (excluding diaryl/α,β-unsaturated/α-hetero) is 1. The van der Waals surface area contributed by atoms with Gasteiger partial charge in [0.1, 0.15) is 5.75 Å². The number of carboxylic acids is 1. The number of hydrogen-bond donors (Lipinski definition) is 2. The van der Waals surface area contributed by atoms with E-state index in [0.29, 0.717) is 52.8 Å². The Kier molecular flexibility index (Phi) is 8.09. The van der Waals surface area contributed by atoms with E-state index in [9.17, 15) is 14.4 Å². The first-order valence-corrected chi connectivity index (χ1v) is 11.6. The summed E-state index contributed by atoms with van der Waals surface area (Å²) in [5.74, 6) is -0.472. The van der Waals surface area contributed by atoms with Gasteiger partial charge in [-0.3, -0.25) is 14.4 Å². The molecule has 1 aromatic carbocycles. The van der Waals surface area contributed by atoms with Gasteiger partial charge >= 0.3 is 5.97 Å². The molecule has 31 heavy (non-hydrogen) atoms. The van der Waals surface area contributed by atoms with Crippen LogP contribution in [-0.4, -0.2) is 35.4 Å². The molecule has 0 atom stereocenters. The number of nitrogens with one attached hydrogen (secondary N) is 1. The lowest BCUT2D eigenvalue weighted by Gasteiger charge is -2.26. The summed E-state index contributed by atoms with van der Waals surface area (Å²) < 4.78 is 6.55. The van der Waals surface area contributed by atoms with Gasteiger partial charge in [-0.25, -0.2) is 0 Å². The molecule has 1 amide bonds. The Morgan fingerprint density at radius 1 is 1.16 bits per heavy atom. The van der Waals surface area contributed by atoms with Crippen molar-refractivity contribution in [2.75, 3.05) is 6.54 Å². The zero-order chi connectivity index (χ0) is 22.4. The molecular weight excluding hydrogens is 438 g/mol. The van der Waals surface area contributed by atoms with E-state index in [4.69, 9.17) is 21.4 Å². The fraction of sp³-hybridized carbons (Fsp3) is 0.435. The number of ketones is 1. The van der Waals surface area contributed by atoms with Crippen LogP contribution in [0.4, 0.5) is 0 Å². The molecule has 2 N–H and O–H groups in total. The summed E-state index contributed by atoms with van der Waals surface area (Å²) in [4.78, 5) is 36.1. The Balaban J connectivity index is 1.39. The molecule has 8 heteroatoms. The maximum atomic E-state index is 12.4. The summed E-state index contributed by atoms with van der Waals surface area (Å²) in [7, 11) is 0. The lowest BCUT2D eigenvalue weighted by Crippen LogP contribution is -2.27. The van der Waals surface area contributed by atoms with Gasteiger partial charge in [-0.05, 0) is 74.9 Å². The SMILES string of the molecule is Cc1cc(C(=O)NCCCC(=O)c2ccc(OC3CCC(C(=O)O)CC3)cc2)sc1Cl. The topological polar surface area (TPSA) is 92.7 Å². The molecule has 0 aliphatic heterocycles. The molecule has 0 radical (unpaired) electrons. The van der Waals surface area contributed by atoms with Crippen LogP contribution in [0, 0.1) is 12.8 Å². The zero-order valence-corrected chi connectivity index (χ0v) is 18.9. The first-order chi connectivity index (χ1) is 14.8. The fourth-order valence-corrected chi connectivity index (χ4v) is 4.71. The van der Waals surface area contributed by atoms with Gasteiger partial charge in [0.15, 0.2) is 5.78 Å². The molecule has 1 saturated carbocycles. The van der Waals surface area contributed by atoms with Crippen LogP contribution >= 0.6 is 22.9 Å². The maximum Gasteiger partial charge on any atom is 0.306 e. The van der Waals surface area contributed by atoms with Crippen molar-refractivity contribution < 1.29 is 24.2 Å². The van der Waals surface area contributed by atoms with Gasteiger partial charge in [0, 0.05) is 18.5 Å². The summed E-state index contributed by atoms with van der Waals surface area (Å²) in [5.41, 5.74) is 1.49. The van der Waals surface area contributed by atoms with Crippen molar-refractivity contribution in [3.05, 3.63) is 50.7 Å². The predicted octanol–water partition coefficient (Wildman–Crippen LogP) is 5.13. The molecule has 1 fully saturated rings. The van der Waals surface area contributed by atoms with E-state index in [-0.39, 0.29) is 23.7 Å². The highest BCUT2D eigenvalue weighted by Crippen LogP contribution is 2.28. The smallest absolute Gasteiger partial charge is 0.306 e. The van der Waals surface area contributed by atoms with Gasteiger partial charge in [0.2, 0.25) is 0 Å². The summed E-state index contributed by atoms with van der Waals surface area (Å²) in [5, 5.41) is 11.9. The number of benzene rings is 1. The number of carboxylic acid groups (broad SMARTS) is 1. The minimum Gasteiger partial charge on any atom is -0.490 e. The lowest BCUT2D eigenvalue weighted by molar-refractivity contribution is -0.143. The van der Waals surface area contributed by atoms with E-state index in [1.54, 1.807) is 30.3 Å².